The predicted octanol–water partition coefficient (Wildman–Crippen LogP) is 3.50. The lowest BCUT2D eigenvalue weighted by Crippen LogP contribution is -2.44. The lowest BCUT2D eigenvalue weighted by molar-refractivity contribution is -0.141. The Morgan fingerprint density at radius 2 is 1.35 bits per heavy atom. The molecular formula is C26H28N2O3. The average molecular weight is 417 g/mol. The molecule has 1 atom stereocenters. The van der Waals surface area contributed by atoms with Gasteiger partial charge in [-0.15, -0.1) is 0 Å². The molecular weight excluding hydrogens is 388 g/mol. The zero-order chi connectivity index (χ0) is 21.9. The molecule has 0 spiro atoms. The van der Waals surface area contributed by atoms with Crippen LogP contribution in [0.5, 0.6) is 0 Å². The van der Waals surface area contributed by atoms with E-state index in [1.54, 1.807) is 4.90 Å². The topological polar surface area (TPSA) is 69.6 Å². The molecule has 0 saturated heterocycles. The van der Waals surface area contributed by atoms with Crippen molar-refractivity contribution in [2.45, 2.75) is 25.4 Å². The van der Waals surface area contributed by atoms with Gasteiger partial charge in [-0.25, -0.2) is 0 Å². The summed E-state index contributed by atoms with van der Waals surface area (Å²) in [6.45, 7) is 0.668. The highest BCUT2D eigenvalue weighted by molar-refractivity contribution is 5.89. The highest BCUT2D eigenvalue weighted by Gasteiger charge is 2.31. The fraction of sp³-hybridized carbons (Fsp3) is 0.231. The molecule has 0 saturated carbocycles. The van der Waals surface area contributed by atoms with Crippen LogP contribution in [0.2, 0.25) is 0 Å². The number of benzene rings is 3. The molecule has 3 aromatic carbocycles. The number of aliphatic hydroxyl groups excluding tert-OH is 1. The van der Waals surface area contributed by atoms with Crippen LogP contribution in [0.25, 0.3) is 0 Å². The minimum Gasteiger partial charge on any atom is -0.396 e. The zero-order valence-corrected chi connectivity index (χ0v) is 17.5. The summed E-state index contributed by atoms with van der Waals surface area (Å²) in [4.78, 5) is 28.3. The maximum Gasteiger partial charge on any atom is 0.247 e. The molecule has 0 fully saturated rings. The van der Waals surface area contributed by atoms with Gasteiger partial charge in [0.05, 0.1) is 6.42 Å². The molecule has 2 amide bonds. The molecule has 5 nitrogen and oxygen atoms in total. The summed E-state index contributed by atoms with van der Waals surface area (Å²) in [5, 5.41) is 11.9. The van der Waals surface area contributed by atoms with E-state index < -0.39 is 6.04 Å². The molecule has 0 bridgehead atoms. The predicted molar refractivity (Wildman–Crippen MR) is 121 cm³/mol. The number of rotatable bonds is 10. The minimum atomic E-state index is -0.767. The molecule has 0 aliphatic rings. The van der Waals surface area contributed by atoms with Gasteiger partial charge in [-0.1, -0.05) is 91.0 Å². The van der Waals surface area contributed by atoms with Gasteiger partial charge in [0.1, 0.15) is 6.04 Å². The maximum atomic E-state index is 13.5. The van der Waals surface area contributed by atoms with Crippen LogP contribution in [0.15, 0.2) is 91.0 Å². The van der Waals surface area contributed by atoms with Crippen LogP contribution in [-0.4, -0.2) is 35.0 Å². The van der Waals surface area contributed by atoms with Crippen LogP contribution in [0.4, 0.5) is 0 Å². The van der Waals surface area contributed by atoms with E-state index in [0.29, 0.717) is 19.5 Å². The highest BCUT2D eigenvalue weighted by atomic mass is 16.3. The van der Waals surface area contributed by atoms with E-state index in [9.17, 15) is 9.59 Å². The van der Waals surface area contributed by atoms with Gasteiger partial charge in [-0.3, -0.25) is 9.59 Å². The van der Waals surface area contributed by atoms with Crippen molar-refractivity contribution < 1.29 is 14.7 Å². The quantitative estimate of drug-likeness (QED) is 0.497. The standard InChI is InChI=1S/C26H28N2O3/c29-18-10-17-27-26(31)25(23-15-8-3-9-16-23)28(20-22-13-6-2-7-14-22)24(30)19-21-11-4-1-5-12-21/h1-9,11-16,25,29H,10,17-20H2,(H,27,31). The van der Waals surface area contributed by atoms with E-state index in [-0.39, 0.29) is 24.8 Å². The fourth-order valence-corrected chi connectivity index (χ4v) is 3.47. The molecule has 160 valence electrons. The number of carbonyl (C=O) groups is 2. The Morgan fingerprint density at radius 3 is 1.94 bits per heavy atom. The number of nitrogens with one attached hydrogen (secondary N) is 1. The van der Waals surface area contributed by atoms with Gasteiger partial charge >= 0.3 is 0 Å². The van der Waals surface area contributed by atoms with Crippen LogP contribution in [-0.2, 0) is 22.6 Å². The molecule has 31 heavy (non-hydrogen) atoms. The molecule has 3 rings (SSSR count). The molecule has 5 heteroatoms. The second-order valence-corrected chi connectivity index (χ2v) is 7.35. The summed E-state index contributed by atoms with van der Waals surface area (Å²) in [6.07, 6.45) is 0.671. The van der Waals surface area contributed by atoms with E-state index in [4.69, 9.17) is 5.11 Å². The van der Waals surface area contributed by atoms with Crippen LogP contribution in [0.3, 0.4) is 0 Å². The smallest absolute Gasteiger partial charge is 0.247 e. The molecule has 2 N–H and O–H groups in total. The summed E-state index contributed by atoms with van der Waals surface area (Å²) >= 11 is 0. The molecule has 0 heterocycles. The van der Waals surface area contributed by atoms with Crippen LogP contribution in [0.1, 0.15) is 29.2 Å². The first-order chi connectivity index (χ1) is 15.2. The van der Waals surface area contributed by atoms with Crippen LogP contribution in [0, 0.1) is 0 Å². The first-order valence-corrected chi connectivity index (χ1v) is 10.5. The summed E-state index contributed by atoms with van der Waals surface area (Å²) in [5.41, 5.74) is 2.60. The third-order valence-corrected chi connectivity index (χ3v) is 5.02. The monoisotopic (exact) mass is 416 g/mol. The third-order valence-electron chi connectivity index (χ3n) is 5.02. The van der Waals surface area contributed by atoms with Gasteiger partial charge in [0, 0.05) is 19.7 Å². The Hall–Kier alpha value is -3.44. The highest BCUT2D eigenvalue weighted by Crippen LogP contribution is 2.25. The fourth-order valence-electron chi connectivity index (χ4n) is 3.47. The van der Waals surface area contributed by atoms with Crippen molar-refractivity contribution in [3.05, 3.63) is 108 Å². The van der Waals surface area contributed by atoms with Gasteiger partial charge in [0.15, 0.2) is 0 Å². The largest absolute Gasteiger partial charge is 0.396 e. The van der Waals surface area contributed by atoms with E-state index in [1.165, 1.54) is 0 Å². The Kier molecular flexibility index (Phi) is 8.38. The lowest BCUT2D eigenvalue weighted by atomic mass is 10.0. The molecule has 0 aliphatic heterocycles. The average Bonchev–Trinajstić information content (AvgIpc) is 2.81. The SMILES string of the molecule is O=C(NCCCO)C(c1ccccc1)N(Cc1ccccc1)C(=O)Cc1ccccc1. The summed E-state index contributed by atoms with van der Waals surface area (Å²) in [5.74, 6) is -0.377. The van der Waals surface area contributed by atoms with Crippen molar-refractivity contribution in [2.24, 2.45) is 0 Å². The van der Waals surface area contributed by atoms with Crippen molar-refractivity contribution in [3.63, 3.8) is 0 Å². The van der Waals surface area contributed by atoms with E-state index in [0.717, 1.165) is 16.7 Å². The Bertz CT molecular complexity index is 946. The minimum absolute atomic E-state index is 0.00302. The normalized spacial score (nSPS) is 11.5. The third kappa shape index (κ3) is 6.52. The van der Waals surface area contributed by atoms with E-state index >= 15 is 0 Å². The van der Waals surface area contributed by atoms with Crippen molar-refractivity contribution in [2.75, 3.05) is 13.2 Å². The van der Waals surface area contributed by atoms with Crippen LogP contribution >= 0.6 is 0 Å². The second-order valence-electron chi connectivity index (χ2n) is 7.35. The van der Waals surface area contributed by atoms with Crippen molar-refractivity contribution >= 4 is 11.8 Å². The summed E-state index contributed by atoms with van der Waals surface area (Å²) in [7, 11) is 0. The number of hydrogen-bond donors (Lipinski definition) is 2. The molecule has 1 unspecified atom stereocenters. The number of carbonyl (C=O) groups excluding carboxylic acids is 2. The number of aliphatic hydroxyl groups is 1. The Balaban J connectivity index is 1.94. The van der Waals surface area contributed by atoms with Gasteiger partial charge in [0.25, 0.3) is 0 Å². The van der Waals surface area contributed by atoms with Crippen molar-refractivity contribution in [3.8, 4) is 0 Å². The van der Waals surface area contributed by atoms with Gasteiger partial charge in [-0.2, -0.15) is 0 Å². The molecule has 0 aliphatic carbocycles. The van der Waals surface area contributed by atoms with E-state index in [1.807, 2.05) is 91.0 Å². The zero-order valence-electron chi connectivity index (χ0n) is 17.5. The number of amides is 2. The summed E-state index contributed by atoms with van der Waals surface area (Å²) in [6, 6.07) is 27.8. The van der Waals surface area contributed by atoms with Gasteiger partial charge < -0.3 is 15.3 Å². The molecule has 0 aromatic heterocycles. The van der Waals surface area contributed by atoms with Gasteiger partial charge in [-0.05, 0) is 23.1 Å². The van der Waals surface area contributed by atoms with Crippen molar-refractivity contribution in [1.82, 2.24) is 10.2 Å². The summed E-state index contributed by atoms with van der Waals surface area (Å²) < 4.78 is 0. The number of hydrogen-bond acceptors (Lipinski definition) is 3. The first-order valence-electron chi connectivity index (χ1n) is 10.5. The lowest BCUT2D eigenvalue weighted by Gasteiger charge is -2.32. The van der Waals surface area contributed by atoms with E-state index in [2.05, 4.69) is 5.32 Å². The Labute approximate surface area is 183 Å². The molecule has 3 aromatic rings. The first kappa shape index (κ1) is 22.2. The van der Waals surface area contributed by atoms with Crippen LogP contribution < -0.4 is 5.32 Å². The van der Waals surface area contributed by atoms with Crippen molar-refractivity contribution in [1.29, 1.82) is 0 Å². The molecule has 0 radical (unpaired) electrons. The number of nitrogens with zero attached hydrogens (tertiary/aromatic N) is 1. The maximum absolute atomic E-state index is 13.5. The second kappa shape index (κ2) is 11.7. The Morgan fingerprint density at radius 1 is 0.806 bits per heavy atom. The van der Waals surface area contributed by atoms with Gasteiger partial charge in [0.2, 0.25) is 11.8 Å².